The second-order valence-electron chi connectivity index (χ2n) is 7.48. The highest BCUT2D eigenvalue weighted by atomic mass is 16.3. The van der Waals surface area contributed by atoms with Gasteiger partial charge in [-0.3, -0.25) is 4.79 Å². The van der Waals surface area contributed by atoms with Crippen LogP contribution in [0.1, 0.15) is 46.6 Å². The van der Waals surface area contributed by atoms with E-state index >= 15 is 0 Å². The predicted molar refractivity (Wildman–Crippen MR) is 89.9 cm³/mol. The van der Waals surface area contributed by atoms with Crippen molar-refractivity contribution in [1.29, 1.82) is 0 Å². The summed E-state index contributed by atoms with van der Waals surface area (Å²) in [7, 11) is 0. The third-order valence-corrected chi connectivity index (χ3v) is 5.44. The van der Waals surface area contributed by atoms with Crippen molar-refractivity contribution < 1.29 is 9.90 Å². The Hall–Kier alpha value is -1.35. The van der Waals surface area contributed by atoms with E-state index in [9.17, 15) is 9.90 Å². The number of carbonyl (C=O) groups excluding carboxylic acids is 1. The van der Waals surface area contributed by atoms with Gasteiger partial charge in [0.25, 0.3) is 0 Å². The second kappa shape index (κ2) is 6.41. The van der Waals surface area contributed by atoms with Crippen LogP contribution in [0.4, 0.5) is 0 Å². The van der Waals surface area contributed by atoms with Gasteiger partial charge in [-0.05, 0) is 48.8 Å². The number of Topliss-reactive ketones (excluding diaryl/α,β-unsaturated/α-hetero) is 1. The molecule has 3 heteroatoms. The van der Waals surface area contributed by atoms with Crippen molar-refractivity contribution in [3.05, 3.63) is 29.8 Å². The molecule has 0 saturated heterocycles. The van der Waals surface area contributed by atoms with Crippen LogP contribution in [0.5, 0.6) is 5.75 Å². The van der Waals surface area contributed by atoms with Crippen molar-refractivity contribution in [2.24, 2.45) is 17.3 Å². The van der Waals surface area contributed by atoms with E-state index < -0.39 is 0 Å². The van der Waals surface area contributed by atoms with E-state index in [2.05, 4.69) is 26.1 Å². The molecule has 0 radical (unpaired) electrons. The summed E-state index contributed by atoms with van der Waals surface area (Å²) in [5.74, 6) is 1.26. The molecule has 0 amide bonds. The highest BCUT2D eigenvalue weighted by Crippen LogP contribution is 2.54. The average Bonchev–Trinajstić information content (AvgIpc) is 3.08. The van der Waals surface area contributed by atoms with E-state index in [0.29, 0.717) is 17.9 Å². The summed E-state index contributed by atoms with van der Waals surface area (Å²) in [4.78, 5) is 12.6. The first-order valence-electron chi connectivity index (χ1n) is 8.31. The zero-order valence-electron chi connectivity index (χ0n) is 14.4. The van der Waals surface area contributed by atoms with Gasteiger partial charge in [0, 0.05) is 12.0 Å². The molecule has 1 saturated carbocycles. The first kappa shape index (κ1) is 17.0. The van der Waals surface area contributed by atoms with Gasteiger partial charge in [-0.15, -0.1) is 0 Å². The minimum absolute atomic E-state index is 0.0197. The number of benzene rings is 1. The number of hydrogen-bond donors (Lipinski definition) is 2. The van der Waals surface area contributed by atoms with Crippen LogP contribution in [0.25, 0.3) is 0 Å². The van der Waals surface area contributed by atoms with Gasteiger partial charge in [0.05, 0.1) is 6.04 Å². The summed E-state index contributed by atoms with van der Waals surface area (Å²) in [6.45, 7) is 10.7. The minimum atomic E-state index is -0.163. The molecule has 22 heavy (non-hydrogen) atoms. The van der Waals surface area contributed by atoms with Crippen molar-refractivity contribution in [3.63, 3.8) is 0 Å². The van der Waals surface area contributed by atoms with Crippen LogP contribution >= 0.6 is 0 Å². The molecular formula is C19H29NO2. The van der Waals surface area contributed by atoms with E-state index in [4.69, 9.17) is 0 Å². The molecule has 4 unspecified atom stereocenters. The number of ketones is 1. The maximum atomic E-state index is 12.6. The summed E-state index contributed by atoms with van der Waals surface area (Å²) >= 11 is 0. The summed E-state index contributed by atoms with van der Waals surface area (Å²) < 4.78 is 0. The van der Waals surface area contributed by atoms with Gasteiger partial charge in [-0.25, -0.2) is 0 Å². The molecule has 1 aliphatic rings. The Bertz CT molecular complexity index is 523. The summed E-state index contributed by atoms with van der Waals surface area (Å²) in [6, 6.07) is 7.31. The zero-order chi connectivity index (χ0) is 16.5. The largest absolute Gasteiger partial charge is 0.508 e. The average molecular weight is 303 g/mol. The first-order valence-corrected chi connectivity index (χ1v) is 8.31. The Morgan fingerprint density at radius 1 is 1.32 bits per heavy atom. The molecule has 0 heterocycles. The van der Waals surface area contributed by atoms with Crippen molar-refractivity contribution in [2.45, 2.75) is 59.5 Å². The maximum absolute atomic E-state index is 12.6. The number of phenols is 1. The number of aromatic hydroxyl groups is 1. The highest BCUT2D eigenvalue weighted by molar-refractivity contribution is 5.86. The van der Waals surface area contributed by atoms with Crippen molar-refractivity contribution in [2.75, 3.05) is 0 Å². The number of hydrogen-bond acceptors (Lipinski definition) is 3. The van der Waals surface area contributed by atoms with Crippen LogP contribution in [0.2, 0.25) is 0 Å². The fourth-order valence-electron chi connectivity index (χ4n) is 3.21. The summed E-state index contributed by atoms with van der Waals surface area (Å²) in [5, 5.41) is 13.0. The van der Waals surface area contributed by atoms with Crippen molar-refractivity contribution in [3.8, 4) is 5.75 Å². The lowest BCUT2D eigenvalue weighted by molar-refractivity contribution is -0.124. The Morgan fingerprint density at radius 3 is 2.32 bits per heavy atom. The molecule has 1 aromatic rings. The lowest BCUT2D eigenvalue weighted by Gasteiger charge is -2.28. The molecule has 122 valence electrons. The molecule has 4 atom stereocenters. The zero-order valence-corrected chi connectivity index (χ0v) is 14.4. The molecule has 3 nitrogen and oxygen atoms in total. The Morgan fingerprint density at radius 2 is 1.86 bits per heavy atom. The van der Waals surface area contributed by atoms with E-state index in [1.807, 2.05) is 26.0 Å². The molecule has 1 fully saturated rings. The molecule has 0 spiro atoms. The van der Waals surface area contributed by atoms with E-state index in [0.717, 1.165) is 11.5 Å². The Labute approximate surface area is 134 Å². The van der Waals surface area contributed by atoms with E-state index in [-0.39, 0.29) is 23.5 Å². The predicted octanol–water partition coefficient (Wildman–Crippen LogP) is 3.55. The fraction of sp³-hybridized carbons (Fsp3) is 0.632. The van der Waals surface area contributed by atoms with Gasteiger partial charge in [-0.1, -0.05) is 39.8 Å². The van der Waals surface area contributed by atoms with Gasteiger partial charge < -0.3 is 10.4 Å². The lowest BCUT2D eigenvalue weighted by atomic mass is 9.91. The summed E-state index contributed by atoms with van der Waals surface area (Å²) in [5.41, 5.74) is 1.38. The highest BCUT2D eigenvalue weighted by Gasteiger charge is 2.51. The molecule has 2 rings (SSSR count). The summed E-state index contributed by atoms with van der Waals surface area (Å²) in [6.07, 6.45) is 1.90. The maximum Gasteiger partial charge on any atom is 0.152 e. The lowest BCUT2D eigenvalue weighted by Crippen LogP contribution is -2.48. The standard InChI is InChI=1S/C19H29NO2/c1-12(2)18(22)17(10-15-6-8-16(21)9-7-15)20-14(4)19(5)11-13(19)3/h6-9,12-14,17,20-21H,10-11H2,1-5H3. The van der Waals surface area contributed by atoms with E-state index in [1.54, 1.807) is 12.1 Å². The number of rotatable bonds is 7. The van der Waals surface area contributed by atoms with E-state index in [1.165, 1.54) is 6.42 Å². The number of carbonyl (C=O) groups is 1. The van der Waals surface area contributed by atoms with Crippen molar-refractivity contribution in [1.82, 2.24) is 5.32 Å². The molecule has 0 bridgehead atoms. The van der Waals surface area contributed by atoms with Crippen molar-refractivity contribution >= 4 is 5.78 Å². The molecule has 1 aromatic carbocycles. The molecular weight excluding hydrogens is 274 g/mol. The number of phenolic OH excluding ortho intramolecular Hbond substituents is 1. The first-order chi connectivity index (χ1) is 10.2. The quantitative estimate of drug-likeness (QED) is 0.810. The third kappa shape index (κ3) is 3.70. The topological polar surface area (TPSA) is 49.3 Å². The van der Waals surface area contributed by atoms with Crippen LogP contribution in [0.15, 0.2) is 24.3 Å². The second-order valence-corrected chi connectivity index (χ2v) is 7.48. The molecule has 1 aliphatic carbocycles. The van der Waals surface area contributed by atoms with Gasteiger partial charge in [0.2, 0.25) is 0 Å². The minimum Gasteiger partial charge on any atom is -0.508 e. The smallest absolute Gasteiger partial charge is 0.152 e. The van der Waals surface area contributed by atoms with Crippen LogP contribution in [-0.2, 0) is 11.2 Å². The SMILES string of the molecule is CC(C)C(=O)C(Cc1ccc(O)cc1)NC(C)C1(C)CC1C. The van der Waals surface area contributed by atoms with Gasteiger partial charge in [-0.2, -0.15) is 0 Å². The molecule has 0 aromatic heterocycles. The van der Waals surface area contributed by atoms with Crippen LogP contribution in [-0.4, -0.2) is 23.0 Å². The van der Waals surface area contributed by atoms with Gasteiger partial charge in [0.1, 0.15) is 5.75 Å². The molecule has 2 N–H and O–H groups in total. The van der Waals surface area contributed by atoms with Crippen LogP contribution < -0.4 is 5.32 Å². The number of nitrogens with one attached hydrogen (secondary N) is 1. The van der Waals surface area contributed by atoms with Gasteiger partial charge >= 0.3 is 0 Å². The van der Waals surface area contributed by atoms with Crippen LogP contribution in [0, 0.1) is 17.3 Å². The molecule has 0 aliphatic heterocycles. The Balaban J connectivity index is 2.09. The van der Waals surface area contributed by atoms with Gasteiger partial charge in [0.15, 0.2) is 5.78 Å². The fourth-order valence-corrected chi connectivity index (χ4v) is 3.21. The third-order valence-electron chi connectivity index (χ3n) is 5.44. The Kier molecular flexibility index (Phi) is 4.96. The monoisotopic (exact) mass is 303 g/mol. The van der Waals surface area contributed by atoms with Crippen LogP contribution in [0.3, 0.4) is 0 Å². The normalized spacial score (nSPS) is 26.7.